The summed E-state index contributed by atoms with van der Waals surface area (Å²) in [5.41, 5.74) is 3.86. The average Bonchev–Trinajstić information content (AvgIpc) is 2.65. The number of halogens is 1. The molecule has 1 N–H and O–H groups in total. The molecule has 1 aromatic rings. The molecule has 1 heterocycles. The van der Waals surface area contributed by atoms with Crippen LogP contribution in [0.25, 0.3) is 0 Å². The van der Waals surface area contributed by atoms with E-state index in [1.807, 2.05) is 44.2 Å². The fraction of sp³-hybridized carbons (Fsp3) is 0.333. The van der Waals surface area contributed by atoms with E-state index in [-0.39, 0.29) is 12.2 Å². The quantitative estimate of drug-likeness (QED) is 0.864. The van der Waals surface area contributed by atoms with Gasteiger partial charge in [-0.3, -0.25) is 10.3 Å². The minimum absolute atomic E-state index is 0.0394. The second kappa shape index (κ2) is 4.89. The van der Waals surface area contributed by atoms with Crippen LogP contribution in [-0.2, 0) is 4.84 Å². The SMILES string of the molecule is CC(C)Oc1ccc(C2C=C(Br)NO2)cc1. The van der Waals surface area contributed by atoms with Gasteiger partial charge in [0.15, 0.2) is 0 Å². The van der Waals surface area contributed by atoms with E-state index in [9.17, 15) is 0 Å². The summed E-state index contributed by atoms with van der Waals surface area (Å²) in [6, 6.07) is 7.93. The van der Waals surface area contributed by atoms with Crippen LogP contribution < -0.4 is 10.2 Å². The zero-order valence-electron chi connectivity index (χ0n) is 9.24. The Bertz CT molecular complexity index is 387. The molecule has 86 valence electrons. The van der Waals surface area contributed by atoms with Crippen molar-refractivity contribution in [1.82, 2.24) is 5.48 Å². The highest BCUT2D eigenvalue weighted by atomic mass is 79.9. The zero-order valence-corrected chi connectivity index (χ0v) is 10.8. The van der Waals surface area contributed by atoms with Gasteiger partial charge in [-0.25, -0.2) is 0 Å². The standard InChI is InChI=1S/C12H14BrNO2/c1-8(2)15-10-5-3-9(4-6-10)11-7-12(13)14-16-11/h3-8,11,14H,1-2H3. The van der Waals surface area contributed by atoms with Crippen LogP contribution in [0.2, 0.25) is 0 Å². The summed E-state index contributed by atoms with van der Waals surface area (Å²) >= 11 is 3.32. The third-order valence-electron chi connectivity index (χ3n) is 2.16. The van der Waals surface area contributed by atoms with Gasteiger partial charge < -0.3 is 4.74 Å². The second-order valence-corrected chi connectivity index (χ2v) is 4.75. The summed E-state index contributed by atoms with van der Waals surface area (Å²) in [6.07, 6.45) is 2.13. The average molecular weight is 284 g/mol. The monoisotopic (exact) mass is 283 g/mol. The van der Waals surface area contributed by atoms with Gasteiger partial charge in [0.1, 0.15) is 16.5 Å². The van der Waals surface area contributed by atoms with Gasteiger partial charge in [-0.15, -0.1) is 0 Å². The fourth-order valence-corrected chi connectivity index (χ4v) is 1.83. The second-order valence-electron chi connectivity index (χ2n) is 3.89. The normalized spacial score (nSPS) is 19.5. The molecule has 0 bridgehead atoms. The molecule has 3 nitrogen and oxygen atoms in total. The van der Waals surface area contributed by atoms with Crippen molar-refractivity contribution in [3.63, 3.8) is 0 Å². The molecule has 0 fully saturated rings. The van der Waals surface area contributed by atoms with Gasteiger partial charge in [0, 0.05) is 0 Å². The summed E-state index contributed by atoms with van der Waals surface area (Å²) in [6.45, 7) is 4.02. The van der Waals surface area contributed by atoms with Crippen molar-refractivity contribution in [2.45, 2.75) is 26.1 Å². The number of benzene rings is 1. The number of ether oxygens (including phenoxy) is 1. The predicted octanol–water partition coefficient (Wildman–Crippen LogP) is 3.29. The van der Waals surface area contributed by atoms with E-state index in [2.05, 4.69) is 21.4 Å². The number of nitrogens with one attached hydrogen (secondary N) is 1. The highest BCUT2D eigenvalue weighted by Crippen LogP contribution is 2.27. The van der Waals surface area contributed by atoms with Crippen LogP contribution in [0.1, 0.15) is 25.5 Å². The Balaban J connectivity index is 2.07. The molecule has 0 aromatic heterocycles. The summed E-state index contributed by atoms with van der Waals surface area (Å²) < 4.78 is 6.43. The first-order chi connectivity index (χ1) is 7.65. The molecule has 0 saturated carbocycles. The maximum absolute atomic E-state index is 5.57. The molecule has 0 spiro atoms. The van der Waals surface area contributed by atoms with Crippen molar-refractivity contribution in [1.29, 1.82) is 0 Å². The Morgan fingerprint density at radius 3 is 2.50 bits per heavy atom. The topological polar surface area (TPSA) is 30.5 Å². The molecular weight excluding hydrogens is 270 g/mol. The van der Waals surface area contributed by atoms with Gasteiger partial charge >= 0.3 is 0 Å². The number of rotatable bonds is 3. The summed E-state index contributed by atoms with van der Waals surface area (Å²) in [5, 5.41) is 0. The lowest BCUT2D eigenvalue weighted by molar-refractivity contribution is 0.0457. The largest absolute Gasteiger partial charge is 0.491 e. The lowest BCUT2D eigenvalue weighted by Gasteiger charge is -2.11. The molecule has 16 heavy (non-hydrogen) atoms. The Kier molecular flexibility index (Phi) is 3.51. The Hall–Kier alpha value is -1.00. The van der Waals surface area contributed by atoms with Crippen LogP contribution in [0, 0.1) is 0 Å². The highest BCUT2D eigenvalue weighted by molar-refractivity contribution is 9.11. The number of hydroxylamine groups is 1. The minimum Gasteiger partial charge on any atom is -0.491 e. The Labute approximate surface area is 104 Å². The van der Waals surface area contributed by atoms with E-state index in [4.69, 9.17) is 9.57 Å². The fourth-order valence-electron chi connectivity index (χ4n) is 1.49. The summed E-state index contributed by atoms with van der Waals surface area (Å²) in [5.74, 6) is 0.882. The van der Waals surface area contributed by atoms with Gasteiger partial charge in [-0.05, 0) is 53.5 Å². The van der Waals surface area contributed by atoms with Crippen LogP contribution >= 0.6 is 15.9 Å². The first kappa shape index (κ1) is 11.5. The minimum atomic E-state index is -0.0394. The predicted molar refractivity (Wildman–Crippen MR) is 66.2 cm³/mol. The molecule has 1 aromatic carbocycles. The Morgan fingerprint density at radius 1 is 1.31 bits per heavy atom. The molecule has 0 saturated heterocycles. The molecule has 2 rings (SSSR count). The lowest BCUT2D eigenvalue weighted by Crippen LogP contribution is -2.07. The lowest BCUT2D eigenvalue weighted by atomic mass is 10.1. The molecular formula is C12H14BrNO2. The molecule has 0 aliphatic carbocycles. The molecule has 4 heteroatoms. The van der Waals surface area contributed by atoms with Gasteiger partial charge in [-0.2, -0.15) is 0 Å². The van der Waals surface area contributed by atoms with Crippen molar-refractivity contribution in [3.8, 4) is 5.75 Å². The zero-order chi connectivity index (χ0) is 11.5. The smallest absolute Gasteiger partial charge is 0.131 e. The van der Waals surface area contributed by atoms with E-state index in [0.717, 1.165) is 15.9 Å². The highest BCUT2D eigenvalue weighted by Gasteiger charge is 2.16. The van der Waals surface area contributed by atoms with Crippen LogP contribution in [0.15, 0.2) is 34.9 Å². The number of hydrogen-bond acceptors (Lipinski definition) is 3. The van der Waals surface area contributed by atoms with E-state index in [1.165, 1.54) is 0 Å². The Morgan fingerprint density at radius 2 is 2.00 bits per heavy atom. The summed E-state index contributed by atoms with van der Waals surface area (Å²) in [7, 11) is 0. The van der Waals surface area contributed by atoms with Crippen molar-refractivity contribution >= 4 is 15.9 Å². The van der Waals surface area contributed by atoms with E-state index in [0.29, 0.717) is 0 Å². The number of hydrogen-bond donors (Lipinski definition) is 1. The van der Waals surface area contributed by atoms with Gasteiger partial charge in [0.05, 0.1) is 6.10 Å². The molecule has 0 radical (unpaired) electrons. The van der Waals surface area contributed by atoms with Gasteiger partial charge in [0.2, 0.25) is 0 Å². The van der Waals surface area contributed by atoms with Crippen molar-refractivity contribution in [2.24, 2.45) is 0 Å². The van der Waals surface area contributed by atoms with Crippen LogP contribution in [0.4, 0.5) is 0 Å². The maximum atomic E-state index is 5.57. The maximum Gasteiger partial charge on any atom is 0.131 e. The van der Waals surface area contributed by atoms with Crippen LogP contribution in [0.5, 0.6) is 5.75 Å². The van der Waals surface area contributed by atoms with Gasteiger partial charge in [0.25, 0.3) is 0 Å². The van der Waals surface area contributed by atoms with E-state index in [1.54, 1.807) is 0 Å². The molecule has 1 unspecified atom stereocenters. The first-order valence-corrected chi connectivity index (χ1v) is 6.00. The molecule has 1 aliphatic heterocycles. The van der Waals surface area contributed by atoms with Crippen molar-refractivity contribution < 1.29 is 9.57 Å². The molecule has 1 atom stereocenters. The third kappa shape index (κ3) is 2.77. The first-order valence-electron chi connectivity index (χ1n) is 5.21. The summed E-state index contributed by atoms with van der Waals surface area (Å²) in [4.78, 5) is 5.34. The van der Waals surface area contributed by atoms with Crippen molar-refractivity contribution in [3.05, 3.63) is 40.5 Å². The van der Waals surface area contributed by atoms with Crippen molar-refractivity contribution in [2.75, 3.05) is 0 Å². The molecule has 0 amide bonds. The van der Waals surface area contributed by atoms with E-state index >= 15 is 0 Å². The third-order valence-corrected chi connectivity index (χ3v) is 2.59. The van der Waals surface area contributed by atoms with E-state index < -0.39 is 0 Å². The molecule has 1 aliphatic rings. The van der Waals surface area contributed by atoms with Crippen LogP contribution in [0.3, 0.4) is 0 Å². The van der Waals surface area contributed by atoms with Gasteiger partial charge in [-0.1, -0.05) is 12.1 Å². The van der Waals surface area contributed by atoms with Crippen LogP contribution in [-0.4, -0.2) is 6.10 Å².